The summed E-state index contributed by atoms with van der Waals surface area (Å²) in [5.74, 6) is -0.201. The summed E-state index contributed by atoms with van der Waals surface area (Å²) in [5.41, 5.74) is 4.32. The van der Waals surface area contributed by atoms with E-state index in [0.29, 0.717) is 19.8 Å². The summed E-state index contributed by atoms with van der Waals surface area (Å²) < 4.78 is 10.0. The third kappa shape index (κ3) is 2.45. The number of hydrogen-bond acceptors (Lipinski definition) is 4. The Morgan fingerprint density at radius 2 is 2.00 bits per heavy atom. The number of benzene rings is 1. The van der Waals surface area contributed by atoms with Crippen LogP contribution in [0.25, 0.3) is 0 Å². The number of esters is 1. The zero-order chi connectivity index (χ0) is 14.0. The molecule has 4 heteroatoms. The van der Waals surface area contributed by atoms with Gasteiger partial charge in [-0.25, -0.2) is 0 Å². The molecule has 1 heterocycles. The van der Waals surface area contributed by atoms with Gasteiger partial charge in [-0.15, -0.1) is 0 Å². The first-order valence-corrected chi connectivity index (χ1v) is 6.47. The van der Waals surface area contributed by atoms with Crippen LogP contribution in [-0.2, 0) is 14.3 Å². The van der Waals surface area contributed by atoms with Gasteiger partial charge < -0.3 is 14.8 Å². The maximum absolute atomic E-state index is 11.8. The van der Waals surface area contributed by atoms with Crippen molar-refractivity contribution in [2.24, 2.45) is 5.41 Å². The van der Waals surface area contributed by atoms with Gasteiger partial charge in [0.05, 0.1) is 20.3 Å². The van der Waals surface area contributed by atoms with Crippen LogP contribution in [0.1, 0.15) is 16.7 Å². The molecule has 2 rings (SSSR count). The Balaban J connectivity index is 2.10. The molecule has 1 aliphatic rings. The molecule has 0 saturated carbocycles. The van der Waals surface area contributed by atoms with Crippen LogP contribution >= 0.6 is 0 Å². The standard InChI is InChI=1S/C15H21NO3/c1-10-5-6-13(12(3)11(10)2)16-7-15(8-19-9-15)14(17)18-4/h5-6,16H,7-9H2,1-4H3. The smallest absolute Gasteiger partial charge is 0.318 e. The van der Waals surface area contributed by atoms with E-state index in [-0.39, 0.29) is 5.97 Å². The normalized spacial score (nSPS) is 16.6. The molecule has 0 aromatic heterocycles. The topological polar surface area (TPSA) is 47.6 Å². The first-order valence-electron chi connectivity index (χ1n) is 6.47. The van der Waals surface area contributed by atoms with Gasteiger partial charge in [0.1, 0.15) is 5.41 Å². The highest BCUT2D eigenvalue weighted by molar-refractivity contribution is 5.79. The van der Waals surface area contributed by atoms with Gasteiger partial charge in [0.25, 0.3) is 0 Å². The molecule has 1 saturated heterocycles. The van der Waals surface area contributed by atoms with E-state index in [1.807, 2.05) is 0 Å². The number of aryl methyl sites for hydroxylation is 1. The SMILES string of the molecule is COC(=O)C1(CNc2ccc(C)c(C)c2C)COC1. The molecule has 0 aliphatic carbocycles. The third-order valence-electron chi connectivity index (χ3n) is 4.05. The van der Waals surface area contributed by atoms with Crippen molar-refractivity contribution in [3.63, 3.8) is 0 Å². The fourth-order valence-electron chi connectivity index (χ4n) is 2.27. The highest BCUT2D eigenvalue weighted by atomic mass is 16.5. The number of carbonyl (C=O) groups excluding carboxylic acids is 1. The number of methoxy groups -OCH3 is 1. The van der Waals surface area contributed by atoms with Gasteiger partial charge in [-0.05, 0) is 43.5 Å². The van der Waals surface area contributed by atoms with Crippen molar-refractivity contribution in [1.82, 2.24) is 0 Å². The van der Waals surface area contributed by atoms with Crippen LogP contribution in [0.15, 0.2) is 12.1 Å². The number of rotatable bonds is 4. The highest BCUT2D eigenvalue weighted by Gasteiger charge is 2.47. The van der Waals surface area contributed by atoms with Gasteiger partial charge in [0.15, 0.2) is 0 Å². The van der Waals surface area contributed by atoms with Crippen LogP contribution < -0.4 is 5.32 Å². The van der Waals surface area contributed by atoms with E-state index in [9.17, 15) is 4.79 Å². The monoisotopic (exact) mass is 263 g/mol. The predicted molar refractivity (Wildman–Crippen MR) is 74.4 cm³/mol. The largest absolute Gasteiger partial charge is 0.468 e. The van der Waals surface area contributed by atoms with E-state index in [1.54, 1.807) is 0 Å². The number of nitrogens with one attached hydrogen (secondary N) is 1. The van der Waals surface area contributed by atoms with E-state index in [1.165, 1.54) is 23.8 Å². The molecule has 1 N–H and O–H groups in total. The predicted octanol–water partition coefficient (Wildman–Crippen LogP) is 2.21. The third-order valence-corrected chi connectivity index (χ3v) is 4.05. The van der Waals surface area contributed by atoms with Crippen molar-refractivity contribution >= 4 is 11.7 Å². The summed E-state index contributed by atoms with van der Waals surface area (Å²) in [6.07, 6.45) is 0. The Morgan fingerprint density at radius 3 is 2.53 bits per heavy atom. The van der Waals surface area contributed by atoms with E-state index in [0.717, 1.165) is 5.69 Å². The summed E-state index contributed by atoms with van der Waals surface area (Å²) >= 11 is 0. The molecule has 104 valence electrons. The molecular formula is C15H21NO3. The average Bonchev–Trinajstić information content (AvgIpc) is 2.36. The van der Waals surface area contributed by atoms with E-state index in [2.05, 4.69) is 38.2 Å². The molecule has 19 heavy (non-hydrogen) atoms. The zero-order valence-electron chi connectivity index (χ0n) is 12.0. The Bertz CT molecular complexity index is 492. The van der Waals surface area contributed by atoms with Crippen molar-refractivity contribution in [2.45, 2.75) is 20.8 Å². The highest BCUT2D eigenvalue weighted by Crippen LogP contribution is 2.30. The van der Waals surface area contributed by atoms with Crippen molar-refractivity contribution in [1.29, 1.82) is 0 Å². The molecule has 1 aromatic rings. The van der Waals surface area contributed by atoms with Crippen LogP contribution in [0.4, 0.5) is 5.69 Å². The minimum Gasteiger partial charge on any atom is -0.468 e. The molecular weight excluding hydrogens is 242 g/mol. The maximum atomic E-state index is 11.8. The Morgan fingerprint density at radius 1 is 1.32 bits per heavy atom. The minimum atomic E-state index is -0.528. The van der Waals surface area contributed by atoms with Gasteiger partial charge in [0, 0.05) is 12.2 Å². The summed E-state index contributed by atoms with van der Waals surface area (Å²) in [6, 6.07) is 4.15. The van der Waals surface area contributed by atoms with Crippen LogP contribution in [-0.4, -0.2) is 32.8 Å². The van der Waals surface area contributed by atoms with Crippen LogP contribution in [0.3, 0.4) is 0 Å². The van der Waals surface area contributed by atoms with E-state index in [4.69, 9.17) is 9.47 Å². The number of carbonyl (C=O) groups is 1. The lowest BCUT2D eigenvalue weighted by Gasteiger charge is -2.38. The first kappa shape index (κ1) is 13.9. The second-order valence-corrected chi connectivity index (χ2v) is 5.30. The molecule has 0 atom stereocenters. The molecule has 0 amide bonds. The first-order chi connectivity index (χ1) is 9.00. The van der Waals surface area contributed by atoms with Crippen LogP contribution in [0.5, 0.6) is 0 Å². The molecule has 0 spiro atoms. The molecule has 4 nitrogen and oxygen atoms in total. The number of anilines is 1. The molecule has 0 radical (unpaired) electrons. The van der Waals surface area contributed by atoms with E-state index < -0.39 is 5.41 Å². The maximum Gasteiger partial charge on any atom is 0.318 e. The summed E-state index contributed by atoms with van der Waals surface area (Å²) in [6.45, 7) is 7.70. The fraction of sp³-hybridized carbons (Fsp3) is 0.533. The van der Waals surface area contributed by atoms with Gasteiger partial charge >= 0.3 is 5.97 Å². The molecule has 1 fully saturated rings. The van der Waals surface area contributed by atoms with Crippen molar-refractivity contribution in [2.75, 3.05) is 32.2 Å². The van der Waals surface area contributed by atoms with E-state index >= 15 is 0 Å². The molecule has 1 aromatic carbocycles. The average molecular weight is 263 g/mol. The van der Waals surface area contributed by atoms with Gasteiger partial charge in [-0.1, -0.05) is 6.07 Å². The van der Waals surface area contributed by atoms with Gasteiger partial charge in [-0.2, -0.15) is 0 Å². The van der Waals surface area contributed by atoms with Crippen LogP contribution in [0.2, 0.25) is 0 Å². The van der Waals surface area contributed by atoms with Gasteiger partial charge in [-0.3, -0.25) is 4.79 Å². The second-order valence-electron chi connectivity index (χ2n) is 5.30. The fourth-order valence-corrected chi connectivity index (χ4v) is 2.27. The molecule has 1 aliphatic heterocycles. The Kier molecular flexibility index (Phi) is 3.80. The lowest BCUT2D eigenvalue weighted by Crippen LogP contribution is -2.54. The Labute approximate surface area is 114 Å². The summed E-state index contributed by atoms with van der Waals surface area (Å²) in [4.78, 5) is 11.8. The van der Waals surface area contributed by atoms with Crippen molar-refractivity contribution in [3.05, 3.63) is 28.8 Å². The zero-order valence-corrected chi connectivity index (χ0v) is 12.0. The molecule has 0 bridgehead atoms. The summed E-state index contributed by atoms with van der Waals surface area (Å²) in [5, 5.41) is 3.36. The second kappa shape index (κ2) is 5.21. The molecule has 0 unspecified atom stereocenters. The van der Waals surface area contributed by atoms with Crippen molar-refractivity contribution < 1.29 is 14.3 Å². The lowest BCUT2D eigenvalue weighted by molar-refractivity contribution is -0.180. The number of hydrogen-bond donors (Lipinski definition) is 1. The van der Waals surface area contributed by atoms with Gasteiger partial charge in [0.2, 0.25) is 0 Å². The van der Waals surface area contributed by atoms with Crippen molar-refractivity contribution in [3.8, 4) is 0 Å². The minimum absolute atomic E-state index is 0.201. The van der Waals surface area contributed by atoms with Crippen LogP contribution in [0, 0.1) is 26.2 Å². The lowest BCUT2D eigenvalue weighted by atomic mass is 9.85. The summed E-state index contributed by atoms with van der Waals surface area (Å²) in [7, 11) is 1.42. The quantitative estimate of drug-likeness (QED) is 0.846. The number of ether oxygens (including phenoxy) is 2. The Hall–Kier alpha value is -1.55.